The second-order valence-electron chi connectivity index (χ2n) is 5.83. The molecule has 0 radical (unpaired) electrons. The molecule has 0 aromatic heterocycles. The third kappa shape index (κ3) is 8.13. The van der Waals surface area contributed by atoms with Gasteiger partial charge in [-0.25, -0.2) is 4.79 Å². The van der Waals surface area contributed by atoms with E-state index in [1.807, 2.05) is 6.07 Å². The van der Waals surface area contributed by atoms with Gasteiger partial charge >= 0.3 is 12.3 Å². The van der Waals surface area contributed by atoms with E-state index in [1.165, 1.54) is 0 Å². The highest BCUT2D eigenvalue weighted by Crippen LogP contribution is 2.21. The molecule has 1 aromatic carbocycles. The van der Waals surface area contributed by atoms with Gasteiger partial charge in [0.1, 0.15) is 12.4 Å². The van der Waals surface area contributed by atoms with Crippen molar-refractivity contribution in [3.05, 3.63) is 35.9 Å². The molecule has 144 valence electrons. The van der Waals surface area contributed by atoms with Gasteiger partial charge in [0.05, 0.1) is 6.42 Å². The molecule has 0 aliphatic rings. The second kappa shape index (κ2) is 10.6. The summed E-state index contributed by atoms with van der Waals surface area (Å²) in [6.45, 7) is 1.95. The molecule has 0 fully saturated rings. The molecule has 1 rings (SSSR count). The van der Waals surface area contributed by atoms with Crippen molar-refractivity contribution in [1.82, 2.24) is 5.32 Å². The zero-order valence-corrected chi connectivity index (χ0v) is 14.5. The van der Waals surface area contributed by atoms with E-state index in [0.29, 0.717) is 12.8 Å². The molecular weight excluding hydrogens is 351 g/mol. The normalized spacial score (nSPS) is 12.3. The van der Waals surface area contributed by atoms with Crippen molar-refractivity contribution in [3.8, 4) is 0 Å². The lowest BCUT2D eigenvalue weighted by molar-refractivity contribution is -0.172. The van der Waals surface area contributed by atoms with Gasteiger partial charge in [-0.1, -0.05) is 43.7 Å². The van der Waals surface area contributed by atoms with Crippen LogP contribution in [0, 0.1) is 5.92 Å². The van der Waals surface area contributed by atoms with Crippen LogP contribution in [0.2, 0.25) is 0 Å². The maximum atomic E-state index is 12.3. The van der Waals surface area contributed by atoms with Crippen molar-refractivity contribution in [2.24, 2.45) is 5.92 Å². The number of ketones is 2. The third-order valence-electron chi connectivity index (χ3n) is 3.72. The average molecular weight is 373 g/mol. The Balaban J connectivity index is 2.39. The van der Waals surface area contributed by atoms with Crippen LogP contribution in [0.25, 0.3) is 0 Å². The van der Waals surface area contributed by atoms with E-state index in [4.69, 9.17) is 4.74 Å². The Labute approximate surface area is 149 Å². The number of hydrogen-bond acceptors (Lipinski definition) is 4. The number of Topliss-reactive ketones (excluding diaryl/α,β-unsaturated/α-hetero) is 2. The zero-order valence-electron chi connectivity index (χ0n) is 14.5. The topological polar surface area (TPSA) is 72.5 Å². The number of nitrogens with one attached hydrogen (secondary N) is 1. The van der Waals surface area contributed by atoms with Crippen LogP contribution in [0.5, 0.6) is 0 Å². The number of amides is 1. The van der Waals surface area contributed by atoms with Crippen LogP contribution in [-0.2, 0) is 20.9 Å². The van der Waals surface area contributed by atoms with Gasteiger partial charge in [-0.3, -0.25) is 9.59 Å². The average Bonchev–Trinajstić information content (AvgIpc) is 2.59. The molecule has 1 aromatic rings. The first-order chi connectivity index (χ1) is 12.2. The Hall–Kier alpha value is -2.38. The molecule has 0 bridgehead atoms. The van der Waals surface area contributed by atoms with Gasteiger partial charge in [-0.2, -0.15) is 13.2 Å². The number of carbonyl (C=O) groups is 3. The minimum atomic E-state index is -5.01. The Morgan fingerprint density at radius 3 is 2.35 bits per heavy atom. The highest BCUT2D eigenvalue weighted by atomic mass is 19.4. The van der Waals surface area contributed by atoms with Gasteiger partial charge in [0.15, 0.2) is 0 Å². The zero-order chi connectivity index (χ0) is 19.6. The minimum absolute atomic E-state index is 0.0736. The predicted octanol–water partition coefficient (Wildman–Crippen LogP) is 3.81. The van der Waals surface area contributed by atoms with Crippen LogP contribution >= 0.6 is 0 Å². The standard InChI is InChI=1S/C18H22F3NO4/c1-2-6-14(15(23)11-16(24)18(19,20)21)9-10-22-17(25)26-12-13-7-4-3-5-8-13/h3-5,7-8,14H,2,6,9-12H2,1H3,(H,22,25). The van der Waals surface area contributed by atoms with Crippen LogP contribution < -0.4 is 5.32 Å². The van der Waals surface area contributed by atoms with E-state index >= 15 is 0 Å². The number of carbonyl (C=O) groups excluding carboxylic acids is 3. The van der Waals surface area contributed by atoms with Gasteiger partial charge in [-0.05, 0) is 18.4 Å². The lowest BCUT2D eigenvalue weighted by atomic mass is 9.92. The number of rotatable bonds is 10. The Morgan fingerprint density at radius 2 is 1.77 bits per heavy atom. The maximum Gasteiger partial charge on any atom is 0.450 e. The molecule has 26 heavy (non-hydrogen) atoms. The largest absolute Gasteiger partial charge is 0.450 e. The van der Waals surface area contributed by atoms with Gasteiger partial charge in [0, 0.05) is 12.5 Å². The predicted molar refractivity (Wildman–Crippen MR) is 88.3 cm³/mol. The molecule has 1 amide bonds. The Kier molecular flexibility index (Phi) is 8.81. The van der Waals surface area contributed by atoms with E-state index in [2.05, 4.69) is 5.32 Å². The van der Waals surface area contributed by atoms with Crippen molar-refractivity contribution in [1.29, 1.82) is 0 Å². The summed E-state index contributed by atoms with van der Waals surface area (Å²) in [6.07, 6.45) is -5.76. The van der Waals surface area contributed by atoms with Gasteiger partial charge in [0.25, 0.3) is 0 Å². The number of hydrogen-bond donors (Lipinski definition) is 1. The summed E-state index contributed by atoms with van der Waals surface area (Å²) >= 11 is 0. The first-order valence-corrected chi connectivity index (χ1v) is 8.31. The molecule has 1 atom stereocenters. The van der Waals surface area contributed by atoms with Crippen molar-refractivity contribution in [2.45, 2.75) is 45.4 Å². The van der Waals surface area contributed by atoms with Crippen LogP contribution in [0.15, 0.2) is 30.3 Å². The summed E-state index contributed by atoms with van der Waals surface area (Å²) in [6, 6.07) is 9.03. The Bertz CT molecular complexity index is 602. The molecule has 0 heterocycles. The fourth-order valence-electron chi connectivity index (χ4n) is 2.34. The molecule has 0 aliphatic carbocycles. The number of benzene rings is 1. The number of ether oxygens (including phenoxy) is 1. The molecule has 8 heteroatoms. The van der Waals surface area contributed by atoms with Crippen molar-refractivity contribution >= 4 is 17.7 Å². The van der Waals surface area contributed by atoms with E-state index in [0.717, 1.165) is 5.56 Å². The molecule has 5 nitrogen and oxygen atoms in total. The summed E-state index contributed by atoms with van der Waals surface area (Å²) in [5, 5.41) is 2.46. The van der Waals surface area contributed by atoms with E-state index in [1.54, 1.807) is 31.2 Å². The summed E-state index contributed by atoms with van der Waals surface area (Å²) in [7, 11) is 0. The molecular formula is C18H22F3NO4. The molecule has 0 saturated heterocycles. The highest BCUT2D eigenvalue weighted by molar-refractivity contribution is 6.02. The summed E-state index contributed by atoms with van der Waals surface area (Å²) < 4.78 is 41.8. The molecule has 0 aliphatic heterocycles. The summed E-state index contributed by atoms with van der Waals surface area (Å²) in [5.74, 6) is -3.51. The highest BCUT2D eigenvalue weighted by Gasteiger charge is 2.39. The number of alkyl carbamates (subject to hydrolysis) is 1. The molecule has 1 unspecified atom stereocenters. The van der Waals surface area contributed by atoms with Crippen LogP contribution in [0.3, 0.4) is 0 Å². The minimum Gasteiger partial charge on any atom is -0.445 e. The van der Waals surface area contributed by atoms with Gasteiger partial charge in [-0.15, -0.1) is 0 Å². The lowest BCUT2D eigenvalue weighted by Gasteiger charge is -2.15. The van der Waals surface area contributed by atoms with Crippen molar-refractivity contribution in [2.75, 3.05) is 6.54 Å². The SMILES string of the molecule is CCCC(CCNC(=O)OCc1ccccc1)C(=O)CC(=O)C(F)(F)F. The van der Waals surface area contributed by atoms with Crippen molar-refractivity contribution < 1.29 is 32.3 Å². The first kappa shape index (κ1) is 21.7. The van der Waals surface area contributed by atoms with Gasteiger partial charge in [0.2, 0.25) is 5.78 Å². The Morgan fingerprint density at radius 1 is 1.12 bits per heavy atom. The molecule has 0 saturated carbocycles. The smallest absolute Gasteiger partial charge is 0.445 e. The van der Waals surface area contributed by atoms with E-state index in [-0.39, 0.29) is 19.6 Å². The molecule has 1 N–H and O–H groups in total. The van der Waals surface area contributed by atoms with E-state index < -0.39 is 36.2 Å². The maximum absolute atomic E-state index is 12.3. The quantitative estimate of drug-likeness (QED) is 0.633. The monoisotopic (exact) mass is 373 g/mol. The lowest BCUT2D eigenvalue weighted by Crippen LogP contribution is -2.31. The second-order valence-corrected chi connectivity index (χ2v) is 5.83. The van der Waals surface area contributed by atoms with Crippen LogP contribution in [0.4, 0.5) is 18.0 Å². The number of alkyl halides is 3. The van der Waals surface area contributed by atoms with Crippen molar-refractivity contribution in [3.63, 3.8) is 0 Å². The van der Waals surface area contributed by atoms with Crippen LogP contribution in [-0.4, -0.2) is 30.4 Å². The summed E-state index contributed by atoms with van der Waals surface area (Å²) in [4.78, 5) is 34.5. The fraction of sp³-hybridized carbons (Fsp3) is 0.500. The molecule has 0 spiro atoms. The number of halogens is 3. The fourth-order valence-corrected chi connectivity index (χ4v) is 2.34. The van der Waals surface area contributed by atoms with E-state index in [9.17, 15) is 27.6 Å². The van der Waals surface area contributed by atoms with Gasteiger partial charge < -0.3 is 10.1 Å². The first-order valence-electron chi connectivity index (χ1n) is 8.31. The third-order valence-corrected chi connectivity index (χ3v) is 3.72. The van der Waals surface area contributed by atoms with Crippen LogP contribution in [0.1, 0.15) is 38.2 Å². The summed E-state index contributed by atoms with van der Waals surface area (Å²) in [5.41, 5.74) is 0.812.